The number of nitrogens with zero attached hydrogens (tertiary/aromatic N) is 4. The smallest absolute Gasteiger partial charge is 0.350 e. The molecule has 3 heterocycles. The number of aromatic nitrogens is 3. The zero-order valence-electron chi connectivity index (χ0n) is 10.5. The highest BCUT2D eigenvalue weighted by Crippen LogP contribution is 1.97. The van der Waals surface area contributed by atoms with Crippen LogP contribution in [0.3, 0.4) is 0 Å². The minimum atomic E-state index is -0.142. The summed E-state index contributed by atoms with van der Waals surface area (Å²) in [6.45, 7) is 3.01. The molecule has 0 saturated carbocycles. The van der Waals surface area contributed by atoms with Gasteiger partial charge < -0.3 is 5.32 Å². The van der Waals surface area contributed by atoms with Gasteiger partial charge >= 0.3 is 5.69 Å². The fraction of sp³-hybridized carbons (Fsp3) is 0.417. The lowest BCUT2D eigenvalue weighted by Gasteiger charge is -2.25. The average Bonchev–Trinajstić information content (AvgIpc) is 2.74. The SMILES string of the molecule is O=C1CN(CCn2nc3ccccn3c2=O)CCN1. The summed E-state index contributed by atoms with van der Waals surface area (Å²) in [5.41, 5.74) is 0.501. The molecule has 0 spiro atoms. The van der Waals surface area contributed by atoms with Gasteiger partial charge in [0.2, 0.25) is 5.91 Å². The Morgan fingerprint density at radius 2 is 2.16 bits per heavy atom. The van der Waals surface area contributed by atoms with Crippen molar-refractivity contribution in [2.24, 2.45) is 0 Å². The third kappa shape index (κ3) is 2.37. The lowest BCUT2D eigenvalue weighted by atomic mass is 10.3. The molecule has 0 aromatic carbocycles. The van der Waals surface area contributed by atoms with Gasteiger partial charge in [-0.1, -0.05) is 6.07 Å². The van der Waals surface area contributed by atoms with E-state index in [9.17, 15) is 9.59 Å². The van der Waals surface area contributed by atoms with E-state index in [0.29, 0.717) is 31.8 Å². The minimum absolute atomic E-state index is 0.0357. The largest absolute Gasteiger partial charge is 0.354 e. The standard InChI is InChI=1S/C12H15N5O2/c18-11-9-15(6-4-13-11)7-8-17-12(19)16-5-2-1-3-10(16)14-17/h1-3,5H,4,6-9H2,(H,13,18). The van der Waals surface area contributed by atoms with E-state index < -0.39 is 0 Å². The Bertz CT molecular complexity index is 659. The van der Waals surface area contributed by atoms with Gasteiger partial charge in [-0.2, -0.15) is 0 Å². The molecule has 100 valence electrons. The molecule has 2 aromatic heterocycles. The normalized spacial score (nSPS) is 16.7. The monoisotopic (exact) mass is 261 g/mol. The van der Waals surface area contributed by atoms with Crippen LogP contribution >= 0.6 is 0 Å². The van der Waals surface area contributed by atoms with E-state index in [4.69, 9.17) is 0 Å². The van der Waals surface area contributed by atoms with Crippen LogP contribution in [0.2, 0.25) is 0 Å². The van der Waals surface area contributed by atoms with Crippen LogP contribution in [0, 0.1) is 0 Å². The third-order valence-electron chi connectivity index (χ3n) is 3.23. The summed E-state index contributed by atoms with van der Waals surface area (Å²) < 4.78 is 2.96. The summed E-state index contributed by atoms with van der Waals surface area (Å²) >= 11 is 0. The Kier molecular flexibility index (Phi) is 3.04. The van der Waals surface area contributed by atoms with Crippen molar-refractivity contribution in [3.8, 4) is 0 Å². The number of nitrogens with one attached hydrogen (secondary N) is 1. The molecule has 1 saturated heterocycles. The molecule has 0 atom stereocenters. The zero-order chi connectivity index (χ0) is 13.2. The molecule has 0 unspecified atom stereocenters. The van der Waals surface area contributed by atoms with Crippen LogP contribution in [0.25, 0.3) is 5.65 Å². The van der Waals surface area contributed by atoms with Crippen molar-refractivity contribution in [3.63, 3.8) is 0 Å². The summed E-state index contributed by atoms with van der Waals surface area (Å²) in [5.74, 6) is 0.0357. The Morgan fingerprint density at radius 1 is 1.26 bits per heavy atom. The Balaban J connectivity index is 1.73. The Labute approximate surface area is 109 Å². The first kappa shape index (κ1) is 11.9. The second-order valence-electron chi connectivity index (χ2n) is 4.56. The van der Waals surface area contributed by atoms with Crippen molar-refractivity contribution in [2.45, 2.75) is 6.54 Å². The molecule has 1 amide bonds. The van der Waals surface area contributed by atoms with Crippen molar-refractivity contribution in [3.05, 3.63) is 34.9 Å². The van der Waals surface area contributed by atoms with Crippen molar-refractivity contribution < 1.29 is 4.79 Å². The van der Waals surface area contributed by atoms with Gasteiger partial charge in [0.1, 0.15) is 0 Å². The molecule has 3 rings (SSSR count). The second kappa shape index (κ2) is 4.85. The highest BCUT2D eigenvalue weighted by Gasteiger charge is 2.16. The summed E-state index contributed by atoms with van der Waals surface area (Å²) in [7, 11) is 0. The number of amides is 1. The van der Waals surface area contributed by atoms with E-state index >= 15 is 0 Å². The molecular weight excluding hydrogens is 246 g/mol. The number of hydrogen-bond acceptors (Lipinski definition) is 4. The van der Waals surface area contributed by atoms with Crippen LogP contribution in [0.5, 0.6) is 0 Å². The lowest BCUT2D eigenvalue weighted by Crippen LogP contribution is -2.48. The molecule has 1 fully saturated rings. The number of rotatable bonds is 3. The predicted octanol–water partition coefficient (Wildman–Crippen LogP) is -1.07. The number of carbonyl (C=O) groups excluding carboxylic acids is 1. The van der Waals surface area contributed by atoms with Gasteiger partial charge in [-0.3, -0.25) is 14.1 Å². The number of fused-ring (bicyclic) bond motifs is 1. The van der Waals surface area contributed by atoms with E-state index in [1.165, 1.54) is 9.08 Å². The average molecular weight is 261 g/mol. The quantitative estimate of drug-likeness (QED) is 0.763. The van der Waals surface area contributed by atoms with E-state index in [2.05, 4.69) is 10.4 Å². The first-order chi connectivity index (χ1) is 9.24. The summed E-state index contributed by atoms with van der Waals surface area (Å²) in [6, 6.07) is 5.45. The van der Waals surface area contributed by atoms with Gasteiger partial charge in [-0.25, -0.2) is 9.48 Å². The van der Waals surface area contributed by atoms with Crippen molar-refractivity contribution in [2.75, 3.05) is 26.2 Å². The van der Waals surface area contributed by atoms with Gasteiger partial charge in [-0.05, 0) is 12.1 Å². The van der Waals surface area contributed by atoms with Gasteiger partial charge in [0.05, 0.1) is 13.1 Å². The highest BCUT2D eigenvalue weighted by molar-refractivity contribution is 5.78. The van der Waals surface area contributed by atoms with Crippen molar-refractivity contribution >= 4 is 11.6 Å². The number of carbonyl (C=O) groups is 1. The molecule has 1 aliphatic heterocycles. The second-order valence-corrected chi connectivity index (χ2v) is 4.56. The fourth-order valence-electron chi connectivity index (χ4n) is 2.23. The maximum absolute atomic E-state index is 12.0. The van der Waals surface area contributed by atoms with Gasteiger partial charge in [0.25, 0.3) is 0 Å². The van der Waals surface area contributed by atoms with E-state index in [-0.39, 0.29) is 11.6 Å². The lowest BCUT2D eigenvalue weighted by molar-refractivity contribution is -0.124. The molecule has 7 heteroatoms. The van der Waals surface area contributed by atoms with Crippen molar-refractivity contribution in [1.29, 1.82) is 0 Å². The molecule has 19 heavy (non-hydrogen) atoms. The Morgan fingerprint density at radius 3 is 2.95 bits per heavy atom. The predicted molar refractivity (Wildman–Crippen MR) is 68.9 cm³/mol. The first-order valence-electron chi connectivity index (χ1n) is 6.27. The summed E-state index contributed by atoms with van der Waals surface area (Å²) in [6.07, 6.45) is 1.70. The number of piperazine rings is 1. The number of pyridine rings is 1. The van der Waals surface area contributed by atoms with Crippen LogP contribution in [-0.4, -0.2) is 51.2 Å². The van der Waals surface area contributed by atoms with Crippen molar-refractivity contribution in [1.82, 2.24) is 24.4 Å². The zero-order valence-corrected chi connectivity index (χ0v) is 10.5. The van der Waals surface area contributed by atoms with Crippen LogP contribution in [-0.2, 0) is 11.3 Å². The summed E-state index contributed by atoms with van der Waals surface area (Å²) in [4.78, 5) is 25.3. The van der Waals surface area contributed by atoms with Gasteiger partial charge in [0.15, 0.2) is 5.65 Å². The van der Waals surface area contributed by atoms with Crippen LogP contribution < -0.4 is 11.0 Å². The molecular formula is C12H15N5O2. The van der Waals surface area contributed by atoms with E-state index in [0.717, 1.165) is 6.54 Å². The maximum atomic E-state index is 12.0. The van der Waals surface area contributed by atoms with E-state index in [1.807, 2.05) is 11.0 Å². The molecule has 0 radical (unpaired) electrons. The molecule has 0 aliphatic carbocycles. The molecule has 1 N–H and O–H groups in total. The highest BCUT2D eigenvalue weighted by atomic mass is 16.2. The molecule has 7 nitrogen and oxygen atoms in total. The minimum Gasteiger partial charge on any atom is -0.354 e. The third-order valence-corrected chi connectivity index (χ3v) is 3.23. The fourth-order valence-corrected chi connectivity index (χ4v) is 2.23. The first-order valence-corrected chi connectivity index (χ1v) is 6.27. The maximum Gasteiger partial charge on any atom is 0.350 e. The van der Waals surface area contributed by atoms with E-state index in [1.54, 1.807) is 18.3 Å². The summed E-state index contributed by atoms with van der Waals surface area (Å²) in [5, 5.41) is 7.03. The Hall–Kier alpha value is -2.15. The van der Waals surface area contributed by atoms with Crippen LogP contribution in [0.1, 0.15) is 0 Å². The molecule has 2 aromatic rings. The molecule has 0 bridgehead atoms. The van der Waals surface area contributed by atoms with Crippen LogP contribution in [0.15, 0.2) is 29.2 Å². The van der Waals surface area contributed by atoms with Crippen LogP contribution in [0.4, 0.5) is 0 Å². The molecule has 1 aliphatic rings. The number of hydrogen-bond donors (Lipinski definition) is 1. The van der Waals surface area contributed by atoms with Gasteiger partial charge in [0, 0.05) is 25.8 Å². The topological polar surface area (TPSA) is 71.6 Å². The van der Waals surface area contributed by atoms with Gasteiger partial charge in [-0.15, -0.1) is 5.10 Å².